The molecule has 1 aliphatic rings. The SMILES string of the molecule is CC(C)=C1CCCCNN1C(C)C. The summed E-state index contributed by atoms with van der Waals surface area (Å²) in [7, 11) is 0. The molecule has 13 heavy (non-hydrogen) atoms. The molecule has 0 aromatic carbocycles. The van der Waals surface area contributed by atoms with Gasteiger partial charge in [-0.1, -0.05) is 5.57 Å². The van der Waals surface area contributed by atoms with Crippen LogP contribution in [0.1, 0.15) is 47.0 Å². The van der Waals surface area contributed by atoms with Crippen LogP contribution in [0.3, 0.4) is 0 Å². The van der Waals surface area contributed by atoms with E-state index < -0.39 is 0 Å². The highest BCUT2D eigenvalue weighted by atomic mass is 15.5. The van der Waals surface area contributed by atoms with Crippen LogP contribution in [0.15, 0.2) is 11.3 Å². The van der Waals surface area contributed by atoms with E-state index in [1.807, 2.05) is 0 Å². The largest absolute Gasteiger partial charge is 0.310 e. The van der Waals surface area contributed by atoms with Crippen molar-refractivity contribution in [1.29, 1.82) is 0 Å². The van der Waals surface area contributed by atoms with Crippen molar-refractivity contribution in [2.75, 3.05) is 6.54 Å². The molecule has 1 rings (SSSR count). The number of rotatable bonds is 1. The molecule has 1 saturated heterocycles. The Balaban J connectivity index is 2.80. The second-order valence-corrected chi connectivity index (χ2v) is 4.28. The van der Waals surface area contributed by atoms with Crippen molar-refractivity contribution in [1.82, 2.24) is 10.4 Å². The molecule has 0 radical (unpaired) electrons. The minimum Gasteiger partial charge on any atom is -0.310 e. The Morgan fingerprint density at radius 1 is 1.31 bits per heavy atom. The predicted octanol–water partition coefficient (Wildman–Crippen LogP) is 2.68. The fourth-order valence-electron chi connectivity index (χ4n) is 1.82. The van der Waals surface area contributed by atoms with Crippen molar-refractivity contribution in [2.24, 2.45) is 0 Å². The third-order valence-corrected chi connectivity index (χ3v) is 2.51. The van der Waals surface area contributed by atoms with Gasteiger partial charge < -0.3 is 5.01 Å². The lowest BCUT2D eigenvalue weighted by Gasteiger charge is -2.31. The standard InChI is InChI=1S/C11H22N2/c1-9(2)11-7-5-6-8-12-13(11)10(3)4/h10,12H,5-8H2,1-4H3. The van der Waals surface area contributed by atoms with Gasteiger partial charge in [-0.15, -0.1) is 0 Å². The first kappa shape index (κ1) is 10.6. The second kappa shape index (κ2) is 4.66. The monoisotopic (exact) mass is 182 g/mol. The molecule has 2 heteroatoms. The second-order valence-electron chi connectivity index (χ2n) is 4.28. The number of hydrogen-bond acceptors (Lipinski definition) is 2. The van der Waals surface area contributed by atoms with Gasteiger partial charge in [-0.05, 0) is 47.0 Å². The summed E-state index contributed by atoms with van der Waals surface area (Å²) < 4.78 is 0. The maximum Gasteiger partial charge on any atom is 0.0394 e. The van der Waals surface area contributed by atoms with Gasteiger partial charge in [-0.2, -0.15) is 0 Å². The molecular formula is C11H22N2. The number of hydrogen-bond donors (Lipinski definition) is 1. The average Bonchev–Trinajstić information content (AvgIpc) is 2.27. The van der Waals surface area contributed by atoms with Crippen molar-refractivity contribution < 1.29 is 0 Å². The van der Waals surface area contributed by atoms with E-state index >= 15 is 0 Å². The zero-order chi connectivity index (χ0) is 9.84. The van der Waals surface area contributed by atoms with E-state index in [0.29, 0.717) is 6.04 Å². The van der Waals surface area contributed by atoms with Crippen molar-refractivity contribution in [2.45, 2.75) is 53.0 Å². The summed E-state index contributed by atoms with van der Waals surface area (Å²) in [5.74, 6) is 0. The maximum atomic E-state index is 3.49. The summed E-state index contributed by atoms with van der Waals surface area (Å²) in [6, 6.07) is 0.558. The van der Waals surface area contributed by atoms with Gasteiger partial charge >= 0.3 is 0 Å². The van der Waals surface area contributed by atoms with Gasteiger partial charge in [0, 0.05) is 18.3 Å². The summed E-state index contributed by atoms with van der Waals surface area (Å²) in [5, 5.41) is 2.34. The molecule has 1 fully saturated rings. The highest BCUT2D eigenvalue weighted by molar-refractivity contribution is 5.09. The van der Waals surface area contributed by atoms with Gasteiger partial charge in [0.25, 0.3) is 0 Å². The van der Waals surface area contributed by atoms with E-state index in [2.05, 4.69) is 38.1 Å². The maximum absolute atomic E-state index is 3.49. The summed E-state index contributed by atoms with van der Waals surface area (Å²) in [4.78, 5) is 0. The highest BCUT2D eigenvalue weighted by Crippen LogP contribution is 2.20. The van der Waals surface area contributed by atoms with Crippen molar-refractivity contribution in [3.63, 3.8) is 0 Å². The van der Waals surface area contributed by atoms with E-state index in [9.17, 15) is 0 Å². The van der Waals surface area contributed by atoms with E-state index in [-0.39, 0.29) is 0 Å². The molecule has 1 N–H and O–H groups in total. The van der Waals surface area contributed by atoms with Crippen LogP contribution < -0.4 is 5.43 Å². The summed E-state index contributed by atoms with van der Waals surface area (Å²) in [6.45, 7) is 10.0. The first-order chi connectivity index (χ1) is 6.13. The van der Waals surface area contributed by atoms with E-state index in [4.69, 9.17) is 0 Å². The van der Waals surface area contributed by atoms with Crippen LogP contribution in [0.4, 0.5) is 0 Å². The highest BCUT2D eigenvalue weighted by Gasteiger charge is 2.16. The molecule has 0 spiro atoms. The fraction of sp³-hybridized carbons (Fsp3) is 0.818. The average molecular weight is 182 g/mol. The minimum atomic E-state index is 0.558. The lowest BCUT2D eigenvalue weighted by atomic mass is 10.1. The lowest BCUT2D eigenvalue weighted by Crippen LogP contribution is -2.41. The molecule has 76 valence electrons. The Morgan fingerprint density at radius 3 is 2.54 bits per heavy atom. The van der Waals surface area contributed by atoms with Crippen LogP contribution in [0.25, 0.3) is 0 Å². The van der Waals surface area contributed by atoms with Gasteiger partial charge in [-0.25, -0.2) is 5.43 Å². The Kier molecular flexibility index (Phi) is 3.79. The van der Waals surface area contributed by atoms with Crippen LogP contribution in [-0.4, -0.2) is 17.6 Å². The van der Waals surface area contributed by atoms with Crippen molar-refractivity contribution >= 4 is 0 Å². The Hall–Kier alpha value is -0.500. The molecule has 0 aromatic heterocycles. The first-order valence-electron chi connectivity index (χ1n) is 5.32. The molecule has 0 atom stereocenters. The summed E-state index contributed by atoms with van der Waals surface area (Å²) >= 11 is 0. The molecule has 0 saturated carbocycles. The number of nitrogens with zero attached hydrogens (tertiary/aromatic N) is 1. The Morgan fingerprint density at radius 2 is 2.00 bits per heavy atom. The minimum absolute atomic E-state index is 0.558. The molecule has 0 bridgehead atoms. The van der Waals surface area contributed by atoms with Crippen LogP contribution >= 0.6 is 0 Å². The van der Waals surface area contributed by atoms with Crippen molar-refractivity contribution in [3.05, 3.63) is 11.3 Å². The number of hydrazine groups is 1. The summed E-state index contributed by atoms with van der Waals surface area (Å²) in [6.07, 6.45) is 3.84. The molecule has 1 aliphatic heterocycles. The Bertz CT molecular complexity index is 190. The molecule has 1 heterocycles. The van der Waals surface area contributed by atoms with Gasteiger partial charge in [0.05, 0.1) is 0 Å². The van der Waals surface area contributed by atoms with E-state index in [1.165, 1.54) is 30.5 Å². The normalized spacial score (nSPS) is 19.2. The van der Waals surface area contributed by atoms with Gasteiger partial charge in [-0.3, -0.25) is 0 Å². The van der Waals surface area contributed by atoms with Gasteiger partial charge in [0.1, 0.15) is 0 Å². The zero-order valence-corrected chi connectivity index (χ0v) is 9.35. The molecular weight excluding hydrogens is 160 g/mol. The fourth-order valence-corrected chi connectivity index (χ4v) is 1.82. The van der Waals surface area contributed by atoms with Crippen LogP contribution in [-0.2, 0) is 0 Å². The van der Waals surface area contributed by atoms with Gasteiger partial charge in [0.15, 0.2) is 0 Å². The van der Waals surface area contributed by atoms with Crippen LogP contribution in [0.5, 0.6) is 0 Å². The van der Waals surface area contributed by atoms with Gasteiger partial charge in [0.2, 0.25) is 0 Å². The molecule has 0 aromatic rings. The number of nitrogens with one attached hydrogen (secondary N) is 1. The van der Waals surface area contributed by atoms with Crippen LogP contribution in [0, 0.1) is 0 Å². The quantitative estimate of drug-likeness (QED) is 0.670. The van der Waals surface area contributed by atoms with E-state index in [1.54, 1.807) is 0 Å². The zero-order valence-electron chi connectivity index (χ0n) is 9.35. The molecule has 0 aliphatic carbocycles. The van der Waals surface area contributed by atoms with Crippen LogP contribution in [0.2, 0.25) is 0 Å². The summed E-state index contributed by atoms with van der Waals surface area (Å²) in [5.41, 5.74) is 6.43. The topological polar surface area (TPSA) is 15.3 Å². The van der Waals surface area contributed by atoms with E-state index in [0.717, 1.165) is 6.54 Å². The number of allylic oxidation sites excluding steroid dienone is 2. The molecule has 2 nitrogen and oxygen atoms in total. The third kappa shape index (κ3) is 2.73. The molecule has 0 amide bonds. The first-order valence-corrected chi connectivity index (χ1v) is 5.32. The lowest BCUT2D eigenvalue weighted by molar-refractivity contribution is 0.200. The smallest absolute Gasteiger partial charge is 0.0394 e. The van der Waals surface area contributed by atoms with Crippen molar-refractivity contribution in [3.8, 4) is 0 Å². The predicted molar refractivity (Wildman–Crippen MR) is 57.2 cm³/mol. The Labute approximate surface area is 82.0 Å². The third-order valence-electron chi connectivity index (χ3n) is 2.51. The molecule has 0 unspecified atom stereocenters.